The van der Waals surface area contributed by atoms with Gasteiger partial charge in [-0.15, -0.1) is 0 Å². The lowest BCUT2D eigenvalue weighted by Gasteiger charge is -2.43. The number of carbonyl (C=O) groups is 2. The summed E-state index contributed by atoms with van der Waals surface area (Å²) >= 11 is 0. The summed E-state index contributed by atoms with van der Waals surface area (Å²) in [6.07, 6.45) is -4.02. The van der Waals surface area contributed by atoms with E-state index >= 15 is 0 Å². The lowest BCUT2D eigenvalue weighted by molar-refractivity contribution is -0.139. The average Bonchev–Trinajstić information content (AvgIpc) is 2.94. The molecular weight excluding hydrogens is 523 g/mol. The van der Waals surface area contributed by atoms with Gasteiger partial charge >= 0.3 is 18.2 Å². The predicted octanol–water partition coefficient (Wildman–Crippen LogP) is 4.69. The van der Waals surface area contributed by atoms with Gasteiger partial charge in [0.25, 0.3) is 0 Å². The molecule has 8 nitrogen and oxygen atoms in total. The van der Waals surface area contributed by atoms with Crippen molar-refractivity contribution >= 4 is 17.7 Å². The predicted molar refractivity (Wildman–Crippen MR) is 143 cm³/mol. The molecule has 2 aliphatic rings. The molecule has 0 bridgehead atoms. The van der Waals surface area contributed by atoms with Crippen LogP contribution in [-0.2, 0) is 15.7 Å². The first kappa shape index (κ1) is 29.1. The molecule has 212 valence electrons. The zero-order valence-electron chi connectivity index (χ0n) is 22.5. The Balaban J connectivity index is 1.81. The summed E-state index contributed by atoms with van der Waals surface area (Å²) in [5.74, 6) is -0.661. The second-order valence-corrected chi connectivity index (χ2v) is 9.66. The zero-order valence-corrected chi connectivity index (χ0v) is 22.5. The van der Waals surface area contributed by atoms with Gasteiger partial charge in [0.2, 0.25) is 0 Å². The van der Waals surface area contributed by atoms with Crippen LogP contribution in [0.4, 0.5) is 23.7 Å². The number of rotatable bonds is 8. The van der Waals surface area contributed by atoms with Crippen LogP contribution in [0.2, 0.25) is 0 Å². The maximum absolute atomic E-state index is 14.1. The fourth-order valence-electron chi connectivity index (χ4n) is 5.16. The molecule has 2 heterocycles. The van der Waals surface area contributed by atoms with E-state index in [0.717, 1.165) is 43.2 Å². The molecule has 40 heavy (non-hydrogen) atoms. The molecule has 2 aromatic carbocycles. The second kappa shape index (κ2) is 12.5. The van der Waals surface area contributed by atoms with E-state index in [1.807, 2.05) is 0 Å². The first-order valence-corrected chi connectivity index (χ1v) is 13.2. The second-order valence-electron chi connectivity index (χ2n) is 9.66. The summed E-state index contributed by atoms with van der Waals surface area (Å²) in [6, 6.07) is 11.8. The van der Waals surface area contributed by atoms with E-state index < -0.39 is 29.8 Å². The normalized spacial score (nSPS) is 18.6. The van der Waals surface area contributed by atoms with Crippen molar-refractivity contribution in [3.05, 3.63) is 76.5 Å². The van der Waals surface area contributed by atoms with Crippen LogP contribution in [0.1, 0.15) is 43.0 Å². The highest BCUT2D eigenvalue weighted by atomic mass is 19.4. The van der Waals surface area contributed by atoms with Crippen molar-refractivity contribution in [3.8, 4) is 6.07 Å². The molecule has 1 N–H and O–H groups in total. The van der Waals surface area contributed by atoms with Crippen LogP contribution in [0, 0.1) is 11.3 Å². The van der Waals surface area contributed by atoms with Crippen LogP contribution in [0.3, 0.4) is 0 Å². The van der Waals surface area contributed by atoms with E-state index in [1.165, 1.54) is 17.0 Å². The third-order valence-electron chi connectivity index (χ3n) is 7.11. The molecule has 1 atom stereocenters. The fourth-order valence-corrected chi connectivity index (χ4v) is 5.16. The average molecular weight is 556 g/mol. The van der Waals surface area contributed by atoms with E-state index in [2.05, 4.69) is 16.3 Å². The van der Waals surface area contributed by atoms with Crippen molar-refractivity contribution in [1.82, 2.24) is 15.1 Å². The summed E-state index contributed by atoms with van der Waals surface area (Å²) in [7, 11) is 0. The van der Waals surface area contributed by atoms with Gasteiger partial charge in [-0.2, -0.15) is 18.4 Å². The Bertz CT molecular complexity index is 1300. The first-order chi connectivity index (χ1) is 19.2. The molecule has 2 aromatic rings. The van der Waals surface area contributed by atoms with Crippen LogP contribution in [-0.4, -0.2) is 67.7 Å². The van der Waals surface area contributed by atoms with Crippen LogP contribution in [0.25, 0.3) is 0 Å². The summed E-state index contributed by atoms with van der Waals surface area (Å²) in [6.45, 7) is 7.73. The summed E-state index contributed by atoms with van der Waals surface area (Å²) < 4.78 is 46.1. The Morgan fingerprint density at radius 1 is 1.12 bits per heavy atom. The minimum absolute atomic E-state index is 0.00417. The third kappa shape index (κ3) is 6.29. The number of allylic oxidation sites excluding steroid dienone is 1. The fraction of sp³-hybridized carbons (Fsp3) is 0.414. The van der Waals surface area contributed by atoms with Gasteiger partial charge < -0.3 is 19.9 Å². The van der Waals surface area contributed by atoms with Gasteiger partial charge in [0.05, 0.1) is 41.1 Å². The molecule has 11 heteroatoms. The summed E-state index contributed by atoms with van der Waals surface area (Å²) in [5.41, 5.74) is 0.467. The molecule has 4 rings (SSSR count). The molecule has 2 amide bonds. The number of ether oxygens (including phenoxy) is 1. The van der Waals surface area contributed by atoms with Crippen molar-refractivity contribution in [3.63, 3.8) is 0 Å². The molecule has 0 aromatic heterocycles. The van der Waals surface area contributed by atoms with E-state index in [1.54, 1.807) is 38.1 Å². The number of hydrogen-bond acceptors (Lipinski definition) is 6. The van der Waals surface area contributed by atoms with E-state index in [-0.39, 0.29) is 30.1 Å². The number of amides is 2. The molecule has 0 radical (unpaired) electrons. The van der Waals surface area contributed by atoms with Gasteiger partial charge in [0.15, 0.2) is 0 Å². The van der Waals surface area contributed by atoms with Gasteiger partial charge in [-0.3, -0.25) is 4.90 Å². The SMILES string of the molecule is CCOC(=O)C1=C(C)N(c2cccc(C(F)(F)F)c2)C(=O)N(CCCN2CCNCC2)C1c1ccc(C#N)cc1. The summed E-state index contributed by atoms with van der Waals surface area (Å²) in [5, 5.41) is 12.6. The van der Waals surface area contributed by atoms with Crippen LogP contribution < -0.4 is 10.2 Å². The van der Waals surface area contributed by atoms with Gasteiger partial charge in [0, 0.05) is 38.4 Å². The topological polar surface area (TPSA) is 88.9 Å². The standard InChI is InChI=1S/C29H32F3N5O3/c1-3-40-27(38)25-20(2)37(24-7-4-6-23(18-24)29(30,31)32)28(39)36(15-5-14-35-16-12-34-13-17-35)26(25)22-10-8-21(19-33)9-11-22/h4,6-11,18,26,34H,3,5,12-17H2,1-2H3. The van der Waals surface area contributed by atoms with E-state index in [4.69, 9.17) is 4.74 Å². The molecular formula is C29H32F3N5O3. The smallest absolute Gasteiger partial charge is 0.416 e. The Hall–Kier alpha value is -3.88. The maximum Gasteiger partial charge on any atom is 0.416 e. The minimum Gasteiger partial charge on any atom is -0.463 e. The number of halogens is 3. The number of piperazine rings is 1. The highest BCUT2D eigenvalue weighted by Gasteiger charge is 2.43. The largest absolute Gasteiger partial charge is 0.463 e. The molecule has 1 saturated heterocycles. The number of nitriles is 1. The van der Waals surface area contributed by atoms with Gasteiger partial charge in [0.1, 0.15) is 0 Å². The molecule has 0 spiro atoms. The summed E-state index contributed by atoms with van der Waals surface area (Å²) in [4.78, 5) is 32.5. The van der Waals surface area contributed by atoms with E-state index in [0.29, 0.717) is 24.1 Å². The highest BCUT2D eigenvalue weighted by molar-refractivity contribution is 6.03. The van der Waals surface area contributed by atoms with Crippen molar-refractivity contribution in [2.75, 3.05) is 50.8 Å². The Labute approximate surface area is 231 Å². The van der Waals surface area contributed by atoms with Gasteiger partial charge in [-0.25, -0.2) is 9.59 Å². The highest BCUT2D eigenvalue weighted by Crippen LogP contribution is 2.41. The number of esters is 1. The van der Waals surface area contributed by atoms with Crippen molar-refractivity contribution in [2.24, 2.45) is 0 Å². The number of carbonyl (C=O) groups excluding carboxylic acids is 2. The zero-order chi connectivity index (χ0) is 28.9. The quantitative estimate of drug-likeness (QED) is 0.476. The number of hydrogen-bond donors (Lipinski definition) is 1. The van der Waals surface area contributed by atoms with Crippen molar-refractivity contribution in [2.45, 2.75) is 32.5 Å². The lowest BCUT2D eigenvalue weighted by Crippen LogP contribution is -2.52. The number of nitrogens with one attached hydrogen (secondary N) is 1. The molecule has 1 fully saturated rings. The number of nitrogens with zero attached hydrogens (tertiary/aromatic N) is 4. The molecule has 2 aliphatic heterocycles. The Morgan fingerprint density at radius 3 is 2.45 bits per heavy atom. The van der Waals surface area contributed by atoms with Gasteiger partial charge in [-0.05, 0) is 62.7 Å². The number of alkyl halides is 3. The molecule has 0 aliphatic carbocycles. The number of urea groups is 1. The molecule has 1 unspecified atom stereocenters. The van der Waals surface area contributed by atoms with Crippen molar-refractivity contribution < 1.29 is 27.5 Å². The number of benzene rings is 2. The van der Waals surface area contributed by atoms with E-state index in [9.17, 15) is 28.0 Å². The van der Waals surface area contributed by atoms with Crippen LogP contribution in [0.5, 0.6) is 0 Å². The monoisotopic (exact) mass is 555 g/mol. The lowest BCUT2D eigenvalue weighted by atomic mass is 9.92. The van der Waals surface area contributed by atoms with Crippen LogP contribution in [0.15, 0.2) is 59.8 Å². The number of anilines is 1. The third-order valence-corrected chi connectivity index (χ3v) is 7.11. The van der Waals surface area contributed by atoms with Gasteiger partial charge in [-0.1, -0.05) is 18.2 Å². The first-order valence-electron chi connectivity index (χ1n) is 13.2. The van der Waals surface area contributed by atoms with Crippen LogP contribution >= 0.6 is 0 Å². The molecule has 0 saturated carbocycles. The Kier molecular flexibility index (Phi) is 9.12. The minimum atomic E-state index is -4.61. The van der Waals surface area contributed by atoms with Crippen molar-refractivity contribution in [1.29, 1.82) is 5.26 Å². The maximum atomic E-state index is 14.1. The Morgan fingerprint density at radius 2 is 1.82 bits per heavy atom.